The molecule has 188 valence electrons. The fourth-order valence-electron chi connectivity index (χ4n) is 5.33. The van der Waals surface area contributed by atoms with Crippen molar-refractivity contribution in [1.29, 1.82) is 0 Å². The highest BCUT2D eigenvalue weighted by atomic mass is 16.5. The Balaban J connectivity index is 0.00000212. The molecule has 2 aliphatic heterocycles. The van der Waals surface area contributed by atoms with Gasteiger partial charge in [-0.1, -0.05) is 41.5 Å². The highest BCUT2D eigenvalue weighted by Gasteiger charge is 2.40. The van der Waals surface area contributed by atoms with Gasteiger partial charge in [-0.05, 0) is 57.5 Å². The predicted octanol–water partition coefficient (Wildman–Crippen LogP) is 4.86. The second kappa shape index (κ2) is 16.4. The molecular weight excluding hydrogens is 386 g/mol. The highest BCUT2D eigenvalue weighted by Crippen LogP contribution is 2.42. The molecule has 0 atom stereocenters. The Morgan fingerprint density at radius 2 is 1.10 bits per heavy atom. The van der Waals surface area contributed by atoms with Crippen LogP contribution in [-0.2, 0) is 9.47 Å². The number of likely N-dealkylation sites (tertiary alicyclic amines) is 1. The SMILES string of the molecule is CC.CC.COCCN1CCC(C(C)(C)CC(C)(C)N2CCN(CCOC)CC2)CC1. The first-order chi connectivity index (χ1) is 14.8. The number of rotatable bonds is 10. The molecular formula is C26H57N3O2. The first-order valence-electron chi connectivity index (χ1n) is 13.0. The fraction of sp³-hybridized carbons (Fsp3) is 1.00. The fourth-order valence-corrected chi connectivity index (χ4v) is 5.33. The van der Waals surface area contributed by atoms with Gasteiger partial charge < -0.3 is 14.4 Å². The van der Waals surface area contributed by atoms with Gasteiger partial charge in [0.1, 0.15) is 0 Å². The number of hydrogen-bond donors (Lipinski definition) is 0. The van der Waals surface area contributed by atoms with E-state index < -0.39 is 0 Å². The molecule has 0 bridgehead atoms. The van der Waals surface area contributed by atoms with E-state index in [-0.39, 0.29) is 5.54 Å². The predicted molar refractivity (Wildman–Crippen MR) is 136 cm³/mol. The van der Waals surface area contributed by atoms with E-state index in [0.29, 0.717) is 5.41 Å². The van der Waals surface area contributed by atoms with Crippen LogP contribution in [0.15, 0.2) is 0 Å². The summed E-state index contributed by atoms with van der Waals surface area (Å²) in [7, 11) is 3.60. The molecule has 2 fully saturated rings. The summed E-state index contributed by atoms with van der Waals surface area (Å²) in [5.41, 5.74) is 0.661. The van der Waals surface area contributed by atoms with Crippen molar-refractivity contribution < 1.29 is 9.47 Å². The molecule has 0 unspecified atom stereocenters. The van der Waals surface area contributed by atoms with Gasteiger partial charge in [0, 0.05) is 59.0 Å². The standard InChI is InChI=1S/C22H45N3O2.2C2H6/c1-21(2,20-7-9-23(10-8-20)15-17-26-5)19-22(3,4)25-13-11-24(12-14-25)16-18-27-6;2*1-2/h20H,7-19H2,1-6H3;2*1-2H3. The van der Waals surface area contributed by atoms with E-state index in [1.54, 1.807) is 14.2 Å². The zero-order valence-corrected chi connectivity index (χ0v) is 22.9. The maximum absolute atomic E-state index is 5.24. The maximum atomic E-state index is 5.24. The van der Waals surface area contributed by atoms with Gasteiger partial charge in [-0.15, -0.1) is 0 Å². The summed E-state index contributed by atoms with van der Waals surface area (Å²) in [6.45, 7) is 29.0. The molecule has 0 amide bonds. The smallest absolute Gasteiger partial charge is 0.0589 e. The summed E-state index contributed by atoms with van der Waals surface area (Å²) < 4.78 is 10.5. The van der Waals surface area contributed by atoms with Crippen LogP contribution in [0, 0.1) is 11.3 Å². The second-order valence-electron chi connectivity index (χ2n) is 9.91. The Labute approximate surface area is 195 Å². The Hall–Kier alpha value is -0.200. The van der Waals surface area contributed by atoms with E-state index in [1.807, 2.05) is 27.7 Å². The van der Waals surface area contributed by atoms with Crippen LogP contribution in [-0.4, -0.2) is 100 Å². The third-order valence-electron chi connectivity index (χ3n) is 7.03. The molecule has 31 heavy (non-hydrogen) atoms. The lowest BCUT2D eigenvalue weighted by molar-refractivity contribution is -0.00444. The molecule has 0 aromatic carbocycles. The van der Waals surface area contributed by atoms with Crippen LogP contribution in [0.25, 0.3) is 0 Å². The van der Waals surface area contributed by atoms with Gasteiger partial charge in [-0.2, -0.15) is 0 Å². The molecule has 2 saturated heterocycles. The Kier molecular flexibility index (Phi) is 16.3. The maximum Gasteiger partial charge on any atom is 0.0589 e. The van der Waals surface area contributed by atoms with Gasteiger partial charge in [0.05, 0.1) is 13.2 Å². The molecule has 0 N–H and O–H groups in total. The van der Waals surface area contributed by atoms with E-state index in [1.165, 1.54) is 58.5 Å². The first-order valence-corrected chi connectivity index (χ1v) is 13.0. The Bertz CT molecular complexity index is 375. The zero-order chi connectivity index (χ0) is 23.9. The van der Waals surface area contributed by atoms with E-state index in [4.69, 9.17) is 9.47 Å². The largest absolute Gasteiger partial charge is 0.383 e. The van der Waals surface area contributed by atoms with Crippen LogP contribution in [0.3, 0.4) is 0 Å². The molecule has 2 rings (SSSR count). The second-order valence-corrected chi connectivity index (χ2v) is 9.91. The van der Waals surface area contributed by atoms with E-state index in [9.17, 15) is 0 Å². The molecule has 0 aliphatic carbocycles. The van der Waals surface area contributed by atoms with Gasteiger partial charge in [-0.3, -0.25) is 9.80 Å². The van der Waals surface area contributed by atoms with Gasteiger partial charge in [0.15, 0.2) is 0 Å². The molecule has 0 spiro atoms. The van der Waals surface area contributed by atoms with Crippen LogP contribution in [0.1, 0.15) is 74.7 Å². The average Bonchev–Trinajstić information content (AvgIpc) is 2.79. The third-order valence-corrected chi connectivity index (χ3v) is 7.03. The lowest BCUT2D eigenvalue weighted by atomic mass is 9.67. The van der Waals surface area contributed by atoms with Gasteiger partial charge >= 0.3 is 0 Å². The minimum absolute atomic E-state index is 0.268. The van der Waals surface area contributed by atoms with Gasteiger partial charge in [0.2, 0.25) is 0 Å². The van der Waals surface area contributed by atoms with Crippen LogP contribution in [0.2, 0.25) is 0 Å². The highest BCUT2D eigenvalue weighted by molar-refractivity contribution is 4.94. The topological polar surface area (TPSA) is 28.2 Å². The van der Waals surface area contributed by atoms with Crippen LogP contribution < -0.4 is 0 Å². The number of methoxy groups -OCH3 is 2. The Morgan fingerprint density at radius 1 is 0.677 bits per heavy atom. The normalized spacial score (nSPS) is 19.9. The van der Waals surface area contributed by atoms with E-state index in [0.717, 1.165) is 32.2 Å². The number of piperazine rings is 1. The van der Waals surface area contributed by atoms with Crippen LogP contribution >= 0.6 is 0 Å². The van der Waals surface area contributed by atoms with Crippen molar-refractivity contribution in [2.45, 2.75) is 80.2 Å². The molecule has 0 aromatic rings. The lowest BCUT2D eigenvalue weighted by Gasteiger charge is -2.50. The molecule has 5 heteroatoms. The van der Waals surface area contributed by atoms with Crippen molar-refractivity contribution in [2.75, 3.05) is 79.8 Å². The summed E-state index contributed by atoms with van der Waals surface area (Å²) >= 11 is 0. The van der Waals surface area contributed by atoms with Gasteiger partial charge in [-0.25, -0.2) is 0 Å². The molecule has 0 aromatic heterocycles. The van der Waals surface area contributed by atoms with Crippen molar-refractivity contribution in [3.05, 3.63) is 0 Å². The molecule has 2 aliphatic rings. The lowest BCUT2D eigenvalue weighted by Crippen LogP contribution is -2.56. The first kappa shape index (κ1) is 30.8. The van der Waals surface area contributed by atoms with Crippen molar-refractivity contribution >= 4 is 0 Å². The minimum atomic E-state index is 0.268. The minimum Gasteiger partial charge on any atom is -0.383 e. The number of piperidine rings is 1. The summed E-state index contributed by atoms with van der Waals surface area (Å²) in [5, 5.41) is 0. The molecule has 5 nitrogen and oxygen atoms in total. The number of hydrogen-bond acceptors (Lipinski definition) is 5. The number of ether oxygens (including phenoxy) is 2. The molecule has 0 saturated carbocycles. The summed E-state index contributed by atoms with van der Waals surface area (Å²) in [6, 6.07) is 0. The van der Waals surface area contributed by atoms with E-state index in [2.05, 4.69) is 42.4 Å². The monoisotopic (exact) mass is 443 g/mol. The average molecular weight is 444 g/mol. The third kappa shape index (κ3) is 11.0. The summed E-state index contributed by atoms with van der Waals surface area (Å²) in [4.78, 5) is 7.84. The van der Waals surface area contributed by atoms with Crippen molar-refractivity contribution in [3.63, 3.8) is 0 Å². The zero-order valence-electron chi connectivity index (χ0n) is 22.9. The van der Waals surface area contributed by atoms with Crippen LogP contribution in [0.5, 0.6) is 0 Å². The van der Waals surface area contributed by atoms with Crippen LogP contribution in [0.4, 0.5) is 0 Å². The summed E-state index contributed by atoms with van der Waals surface area (Å²) in [5.74, 6) is 0.832. The quantitative estimate of drug-likeness (QED) is 0.481. The van der Waals surface area contributed by atoms with Crippen molar-refractivity contribution in [2.24, 2.45) is 11.3 Å². The van der Waals surface area contributed by atoms with Crippen molar-refractivity contribution in [3.8, 4) is 0 Å². The summed E-state index contributed by atoms with van der Waals surface area (Å²) in [6.07, 6.45) is 3.94. The molecule has 2 heterocycles. The number of nitrogens with zero attached hydrogens (tertiary/aromatic N) is 3. The van der Waals surface area contributed by atoms with Crippen molar-refractivity contribution in [1.82, 2.24) is 14.7 Å². The Morgan fingerprint density at radius 3 is 1.52 bits per heavy atom. The van der Waals surface area contributed by atoms with Gasteiger partial charge in [0.25, 0.3) is 0 Å². The van der Waals surface area contributed by atoms with E-state index >= 15 is 0 Å². The molecule has 0 radical (unpaired) electrons.